The number of halogens is 1. The van der Waals surface area contributed by atoms with Crippen molar-refractivity contribution in [2.45, 2.75) is 11.8 Å². The number of thioether (sulfide) groups is 1. The molecule has 1 rings (SSSR count). The molecule has 0 unspecified atom stereocenters. The lowest BCUT2D eigenvalue weighted by molar-refractivity contribution is 0.462. The first kappa shape index (κ1) is 8.75. The predicted octanol–water partition coefficient (Wildman–Crippen LogP) is 3.08. The third-order valence-electron chi connectivity index (χ3n) is 1.37. The highest BCUT2D eigenvalue weighted by atomic mass is 35.5. The molecule has 11 heavy (non-hydrogen) atoms. The molecule has 0 aliphatic heterocycles. The van der Waals surface area contributed by atoms with Gasteiger partial charge in [0.25, 0.3) is 0 Å². The van der Waals surface area contributed by atoms with Crippen molar-refractivity contribution in [1.29, 1.82) is 0 Å². The Bertz CT molecular complexity index is 250. The molecule has 0 heterocycles. The molecule has 0 fully saturated rings. The molecule has 0 saturated heterocycles. The minimum atomic E-state index is 0.266. The van der Waals surface area contributed by atoms with Crippen molar-refractivity contribution in [2.24, 2.45) is 0 Å². The molecule has 0 amide bonds. The molecule has 0 saturated carbocycles. The van der Waals surface area contributed by atoms with Crippen LogP contribution in [0.3, 0.4) is 0 Å². The van der Waals surface area contributed by atoms with Crippen LogP contribution in [0.1, 0.15) is 5.56 Å². The Morgan fingerprint density at radius 1 is 1.45 bits per heavy atom. The average Bonchev–Trinajstić information content (AvgIpc) is 1.85. The van der Waals surface area contributed by atoms with Gasteiger partial charge in [0, 0.05) is 0 Å². The van der Waals surface area contributed by atoms with E-state index in [1.165, 1.54) is 11.8 Å². The molecule has 1 N–H and O–H groups in total. The molecule has 1 nitrogen and oxygen atoms in total. The van der Waals surface area contributed by atoms with E-state index in [-0.39, 0.29) is 5.75 Å². The van der Waals surface area contributed by atoms with Crippen molar-refractivity contribution in [3.05, 3.63) is 22.7 Å². The number of hydrogen-bond donors (Lipinski definition) is 1. The van der Waals surface area contributed by atoms with Crippen molar-refractivity contribution in [3.63, 3.8) is 0 Å². The molecule has 3 heteroatoms. The fourth-order valence-corrected chi connectivity index (χ4v) is 1.94. The zero-order valence-corrected chi connectivity index (χ0v) is 7.96. The summed E-state index contributed by atoms with van der Waals surface area (Å²) in [4.78, 5) is 0.747. The molecule has 60 valence electrons. The first-order valence-corrected chi connectivity index (χ1v) is 4.78. The Balaban J connectivity index is 3.25. The normalized spacial score (nSPS) is 10.1. The Morgan fingerprint density at radius 2 is 2.09 bits per heavy atom. The maximum absolute atomic E-state index is 9.37. The number of hydrogen-bond acceptors (Lipinski definition) is 2. The Labute approximate surface area is 75.4 Å². The molecule has 0 atom stereocenters. The lowest BCUT2D eigenvalue weighted by Gasteiger charge is -2.04. The molecule has 0 radical (unpaired) electrons. The van der Waals surface area contributed by atoms with Gasteiger partial charge in [-0.3, -0.25) is 0 Å². The minimum Gasteiger partial charge on any atom is -0.507 e. The fraction of sp³-hybridized carbons (Fsp3) is 0.250. The van der Waals surface area contributed by atoms with Gasteiger partial charge in [0.2, 0.25) is 0 Å². The van der Waals surface area contributed by atoms with Gasteiger partial charge in [0.05, 0.1) is 9.92 Å². The zero-order chi connectivity index (χ0) is 8.43. The van der Waals surface area contributed by atoms with Crippen LogP contribution in [-0.4, -0.2) is 11.4 Å². The van der Waals surface area contributed by atoms with E-state index in [9.17, 15) is 5.11 Å². The van der Waals surface area contributed by atoms with Gasteiger partial charge < -0.3 is 5.11 Å². The SMILES string of the molecule is CSc1c(O)cc(C)cc1Cl. The molecule has 0 aromatic heterocycles. The minimum absolute atomic E-state index is 0.266. The molecule has 0 bridgehead atoms. The smallest absolute Gasteiger partial charge is 0.130 e. The molecular weight excluding hydrogens is 180 g/mol. The zero-order valence-electron chi connectivity index (χ0n) is 6.39. The first-order valence-electron chi connectivity index (χ1n) is 3.18. The first-order chi connectivity index (χ1) is 5.15. The summed E-state index contributed by atoms with van der Waals surface area (Å²) < 4.78 is 0. The van der Waals surface area contributed by atoms with Gasteiger partial charge >= 0.3 is 0 Å². The van der Waals surface area contributed by atoms with Gasteiger partial charge in [0.1, 0.15) is 5.75 Å². The van der Waals surface area contributed by atoms with Crippen LogP contribution in [0.25, 0.3) is 0 Å². The average molecular weight is 189 g/mol. The molecule has 1 aromatic rings. The largest absolute Gasteiger partial charge is 0.507 e. The standard InChI is InChI=1S/C8H9ClOS/c1-5-3-6(9)8(11-2)7(10)4-5/h3-4,10H,1-2H3. The Morgan fingerprint density at radius 3 is 2.55 bits per heavy atom. The summed E-state index contributed by atoms with van der Waals surface area (Å²) in [6, 6.07) is 3.55. The van der Waals surface area contributed by atoms with Crippen LogP contribution in [0.5, 0.6) is 5.75 Å². The van der Waals surface area contributed by atoms with Gasteiger partial charge in [-0.25, -0.2) is 0 Å². The maximum atomic E-state index is 9.37. The van der Waals surface area contributed by atoms with Gasteiger partial charge in [-0.05, 0) is 30.9 Å². The fourth-order valence-electron chi connectivity index (χ4n) is 0.913. The molecular formula is C8H9ClOS. The quantitative estimate of drug-likeness (QED) is 0.684. The summed E-state index contributed by atoms with van der Waals surface area (Å²) in [5.41, 5.74) is 0.977. The predicted molar refractivity (Wildman–Crippen MR) is 49.6 cm³/mol. The number of phenols is 1. The van der Waals surface area contributed by atoms with E-state index in [1.54, 1.807) is 6.07 Å². The number of phenolic OH excluding ortho intramolecular Hbond substituents is 1. The Hall–Kier alpha value is -0.340. The second-order valence-electron chi connectivity index (χ2n) is 2.30. The van der Waals surface area contributed by atoms with E-state index in [1.807, 2.05) is 19.2 Å². The summed E-state index contributed by atoms with van der Waals surface area (Å²) in [6.45, 7) is 1.90. The summed E-state index contributed by atoms with van der Waals surface area (Å²) in [5, 5.41) is 9.99. The van der Waals surface area contributed by atoms with Gasteiger partial charge in [-0.2, -0.15) is 0 Å². The van der Waals surface area contributed by atoms with Crippen LogP contribution in [-0.2, 0) is 0 Å². The van der Waals surface area contributed by atoms with Crippen molar-refractivity contribution < 1.29 is 5.11 Å². The van der Waals surface area contributed by atoms with Gasteiger partial charge in [0.15, 0.2) is 0 Å². The third kappa shape index (κ3) is 1.82. The van der Waals surface area contributed by atoms with Crippen molar-refractivity contribution in [1.82, 2.24) is 0 Å². The van der Waals surface area contributed by atoms with E-state index in [4.69, 9.17) is 11.6 Å². The van der Waals surface area contributed by atoms with Crippen LogP contribution < -0.4 is 0 Å². The number of benzene rings is 1. The Kier molecular flexibility index (Phi) is 2.68. The van der Waals surface area contributed by atoms with Gasteiger partial charge in [-0.1, -0.05) is 11.6 Å². The van der Waals surface area contributed by atoms with Crippen molar-refractivity contribution in [3.8, 4) is 5.75 Å². The highest BCUT2D eigenvalue weighted by Gasteiger charge is 2.04. The number of aromatic hydroxyl groups is 1. The highest BCUT2D eigenvalue weighted by molar-refractivity contribution is 7.98. The number of aryl methyl sites for hydroxylation is 1. The summed E-state index contributed by atoms with van der Waals surface area (Å²) in [6.07, 6.45) is 1.89. The second kappa shape index (κ2) is 3.37. The lowest BCUT2D eigenvalue weighted by Crippen LogP contribution is -1.78. The van der Waals surface area contributed by atoms with Crippen LogP contribution in [0, 0.1) is 6.92 Å². The van der Waals surface area contributed by atoms with E-state index in [2.05, 4.69) is 0 Å². The van der Waals surface area contributed by atoms with E-state index in [0.29, 0.717) is 5.02 Å². The summed E-state index contributed by atoms with van der Waals surface area (Å²) in [5.74, 6) is 0.266. The maximum Gasteiger partial charge on any atom is 0.130 e. The molecule has 0 aliphatic rings. The van der Waals surface area contributed by atoms with E-state index in [0.717, 1.165) is 10.5 Å². The molecule has 1 aromatic carbocycles. The molecule has 0 spiro atoms. The van der Waals surface area contributed by atoms with E-state index >= 15 is 0 Å². The third-order valence-corrected chi connectivity index (χ3v) is 2.62. The summed E-state index contributed by atoms with van der Waals surface area (Å²) >= 11 is 7.30. The van der Waals surface area contributed by atoms with Crippen LogP contribution in [0.4, 0.5) is 0 Å². The van der Waals surface area contributed by atoms with Crippen molar-refractivity contribution in [2.75, 3.05) is 6.26 Å². The second-order valence-corrected chi connectivity index (χ2v) is 3.52. The van der Waals surface area contributed by atoms with Crippen LogP contribution in [0.15, 0.2) is 17.0 Å². The number of rotatable bonds is 1. The van der Waals surface area contributed by atoms with Crippen LogP contribution >= 0.6 is 23.4 Å². The van der Waals surface area contributed by atoms with E-state index < -0.39 is 0 Å². The van der Waals surface area contributed by atoms with Crippen LogP contribution in [0.2, 0.25) is 5.02 Å². The molecule has 0 aliphatic carbocycles. The summed E-state index contributed by atoms with van der Waals surface area (Å²) in [7, 11) is 0. The van der Waals surface area contributed by atoms with Crippen molar-refractivity contribution >= 4 is 23.4 Å². The monoisotopic (exact) mass is 188 g/mol. The lowest BCUT2D eigenvalue weighted by atomic mass is 10.2. The van der Waals surface area contributed by atoms with Gasteiger partial charge in [-0.15, -0.1) is 11.8 Å². The topological polar surface area (TPSA) is 20.2 Å². The highest BCUT2D eigenvalue weighted by Crippen LogP contribution is 2.34.